The van der Waals surface area contributed by atoms with E-state index < -0.39 is 6.09 Å². The molecular formula is C18H23ClN6O2S. The first-order chi connectivity index (χ1) is 13.3. The van der Waals surface area contributed by atoms with Gasteiger partial charge in [0.05, 0.1) is 28.8 Å². The lowest BCUT2D eigenvalue weighted by Crippen LogP contribution is -2.44. The number of aromatic nitrogens is 2. The number of carboxylic acid groups (broad SMARTS) is 1. The molecule has 1 aliphatic heterocycles. The molecule has 1 saturated heterocycles. The van der Waals surface area contributed by atoms with Crippen molar-refractivity contribution in [3.05, 3.63) is 29.5 Å². The minimum absolute atomic E-state index is 0.0519. The third kappa shape index (κ3) is 4.71. The molecule has 0 saturated carbocycles. The van der Waals surface area contributed by atoms with Crippen molar-refractivity contribution in [3.63, 3.8) is 0 Å². The first-order valence-electron chi connectivity index (χ1n) is 8.82. The second kappa shape index (κ2) is 8.32. The van der Waals surface area contributed by atoms with Gasteiger partial charge in [-0.05, 0) is 30.4 Å². The summed E-state index contributed by atoms with van der Waals surface area (Å²) < 4.78 is 0. The van der Waals surface area contributed by atoms with Gasteiger partial charge in [0.25, 0.3) is 0 Å². The highest BCUT2D eigenvalue weighted by Gasteiger charge is 2.31. The Balaban J connectivity index is 1.68. The summed E-state index contributed by atoms with van der Waals surface area (Å²) in [6, 6.07) is 3.53. The quantitative estimate of drug-likeness (QED) is 0.539. The van der Waals surface area contributed by atoms with Gasteiger partial charge >= 0.3 is 6.09 Å². The maximum atomic E-state index is 10.8. The highest BCUT2D eigenvalue weighted by molar-refractivity contribution is 7.99. The number of rotatable bonds is 5. The number of hydrogen-bond donors (Lipinski definition) is 4. The first-order valence-corrected chi connectivity index (χ1v) is 10.0. The number of benzene rings is 1. The van der Waals surface area contributed by atoms with Crippen LogP contribution in [0.2, 0.25) is 5.02 Å². The van der Waals surface area contributed by atoms with Gasteiger partial charge in [-0.2, -0.15) is 0 Å². The number of piperidine rings is 1. The van der Waals surface area contributed by atoms with Crippen LogP contribution >= 0.6 is 23.4 Å². The second-order valence-electron chi connectivity index (χ2n) is 7.15. The van der Waals surface area contributed by atoms with E-state index in [0.29, 0.717) is 28.0 Å². The number of anilines is 3. The average molecular weight is 423 g/mol. The van der Waals surface area contributed by atoms with Crippen molar-refractivity contribution >= 4 is 46.6 Å². The molecule has 2 aromatic rings. The molecule has 150 valence electrons. The van der Waals surface area contributed by atoms with Crippen molar-refractivity contribution < 1.29 is 9.90 Å². The number of nitrogen functional groups attached to an aromatic ring is 2. The molecule has 0 atom stereocenters. The van der Waals surface area contributed by atoms with Crippen LogP contribution in [0, 0.1) is 5.41 Å². The molecule has 8 nitrogen and oxygen atoms in total. The van der Waals surface area contributed by atoms with Crippen LogP contribution in [-0.2, 0) is 0 Å². The summed E-state index contributed by atoms with van der Waals surface area (Å²) in [5.74, 6) is 0.790. The summed E-state index contributed by atoms with van der Waals surface area (Å²) in [4.78, 5) is 22.7. The summed E-state index contributed by atoms with van der Waals surface area (Å²) in [5, 5.41) is 12.4. The summed E-state index contributed by atoms with van der Waals surface area (Å²) in [6.07, 6.45) is 4.17. The molecule has 1 amide bonds. The average Bonchev–Trinajstić information content (AvgIpc) is 2.68. The van der Waals surface area contributed by atoms with Crippen LogP contribution in [0.4, 0.5) is 22.0 Å². The van der Waals surface area contributed by atoms with Crippen LogP contribution in [0.25, 0.3) is 0 Å². The zero-order valence-corrected chi connectivity index (χ0v) is 17.1. The minimum atomic E-state index is -0.985. The Morgan fingerprint density at radius 3 is 2.75 bits per heavy atom. The molecule has 3 rings (SSSR count). The van der Waals surface area contributed by atoms with E-state index in [1.807, 2.05) is 6.07 Å². The number of nitrogens with two attached hydrogens (primary N) is 2. The number of halogens is 1. The van der Waals surface area contributed by atoms with Crippen molar-refractivity contribution in [1.29, 1.82) is 0 Å². The van der Waals surface area contributed by atoms with E-state index in [1.165, 1.54) is 11.8 Å². The molecule has 2 heterocycles. The van der Waals surface area contributed by atoms with Crippen LogP contribution in [0.5, 0.6) is 0 Å². The lowest BCUT2D eigenvalue weighted by molar-refractivity contribution is 0.178. The van der Waals surface area contributed by atoms with Gasteiger partial charge in [0, 0.05) is 24.5 Å². The van der Waals surface area contributed by atoms with E-state index in [1.54, 1.807) is 18.5 Å². The van der Waals surface area contributed by atoms with E-state index in [-0.39, 0.29) is 5.41 Å². The molecule has 28 heavy (non-hydrogen) atoms. The Hall–Kier alpha value is -2.39. The van der Waals surface area contributed by atoms with Crippen molar-refractivity contribution in [3.8, 4) is 0 Å². The van der Waals surface area contributed by atoms with Crippen molar-refractivity contribution in [2.24, 2.45) is 5.41 Å². The first kappa shape index (κ1) is 20.3. The van der Waals surface area contributed by atoms with Gasteiger partial charge in [0.1, 0.15) is 10.8 Å². The zero-order valence-electron chi connectivity index (χ0n) is 15.5. The smallest absolute Gasteiger partial charge is 0.404 e. The number of hydrogen-bond acceptors (Lipinski definition) is 7. The predicted molar refractivity (Wildman–Crippen MR) is 112 cm³/mol. The van der Waals surface area contributed by atoms with Crippen LogP contribution in [-0.4, -0.2) is 40.8 Å². The summed E-state index contributed by atoms with van der Waals surface area (Å²) in [5.41, 5.74) is 12.4. The van der Waals surface area contributed by atoms with Crippen LogP contribution < -0.4 is 21.7 Å². The molecule has 1 fully saturated rings. The zero-order chi connectivity index (χ0) is 20.3. The normalized spacial score (nSPS) is 16.0. The Kier molecular flexibility index (Phi) is 6.04. The molecule has 0 bridgehead atoms. The fourth-order valence-corrected chi connectivity index (χ4v) is 4.16. The molecule has 0 aliphatic carbocycles. The lowest BCUT2D eigenvalue weighted by Gasteiger charge is -2.39. The van der Waals surface area contributed by atoms with Crippen LogP contribution in [0.15, 0.2) is 34.4 Å². The van der Waals surface area contributed by atoms with E-state index in [0.717, 1.165) is 36.6 Å². The van der Waals surface area contributed by atoms with Gasteiger partial charge in [-0.15, -0.1) is 0 Å². The molecule has 0 radical (unpaired) electrons. The molecule has 1 aromatic heterocycles. The molecular weight excluding hydrogens is 400 g/mol. The summed E-state index contributed by atoms with van der Waals surface area (Å²) in [6.45, 7) is 4.13. The van der Waals surface area contributed by atoms with Gasteiger partial charge in [-0.25, -0.2) is 9.78 Å². The fraction of sp³-hybridized carbons (Fsp3) is 0.389. The Labute approximate surface area is 172 Å². The Bertz CT molecular complexity index is 873. The standard InChI is InChI=1S/C18H23ClN6O2S/c1-18(10-23-17(26)27)4-6-25(7-5-18)13-8-22-9-14(24-13)28-12-3-2-11(20)16(21)15(12)19/h2-3,8-9,23H,4-7,10,20-21H2,1H3,(H,26,27). The minimum Gasteiger partial charge on any atom is -0.465 e. The fourth-order valence-electron chi connectivity index (χ4n) is 3.06. The Morgan fingerprint density at radius 1 is 1.36 bits per heavy atom. The lowest BCUT2D eigenvalue weighted by atomic mass is 9.80. The number of nitrogens with one attached hydrogen (secondary N) is 1. The van der Waals surface area contributed by atoms with Crippen LogP contribution in [0.3, 0.4) is 0 Å². The van der Waals surface area contributed by atoms with Crippen molar-refractivity contribution in [1.82, 2.24) is 15.3 Å². The SMILES string of the molecule is CC1(CNC(=O)O)CCN(c2cncc(Sc3ccc(N)c(N)c3Cl)n2)CC1. The van der Waals surface area contributed by atoms with Crippen LogP contribution in [0.1, 0.15) is 19.8 Å². The van der Waals surface area contributed by atoms with E-state index in [2.05, 4.69) is 22.1 Å². The summed E-state index contributed by atoms with van der Waals surface area (Å²) >= 11 is 7.67. The maximum Gasteiger partial charge on any atom is 0.404 e. The molecule has 0 unspecified atom stereocenters. The third-order valence-electron chi connectivity index (χ3n) is 4.95. The second-order valence-corrected chi connectivity index (χ2v) is 8.59. The van der Waals surface area contributed by atoms with Gasteiger partial charge in [-0.1, -0.05) is 30.3 Å². The third-order valence-corrected chi connectivity index (χ3v) is 6.44. The largest absolute Gasteiger partial charge is 0.465 e. The van der Waals surface area contributed by atoms with Gasteiger partial charge in [0.2, 0.25) is 0 Å². The summed E-state index contributed by atoms with van der Waals surface area (Å²) in [7, 11) is 0. The van der Waals surface area contributed by atoms with Gasteiger partial charge < -0.3 is 26.8 Å². The van der Waals surface area contributed by atoms with E-state index in [4.69, 9.17) is 33.2 Å². The Morgan fingerprint density at radius 2 is 2.07 bits per heavy atom. The number of nitrogens with zero attached hydrogens (tertiary/aromatic N) is 3. The highest BCUT2D eigenvalue weighted by Crippen LogP contribution is 2.38. The number of amides is 1. The monoisotopic (exact) mass is 422 g/mol. The molecule has 6 N–H and O–H groups in total. The predicted octanol–water partition coefficient (Wildman–Crippen LogP) is 3.32. The molecule has 1 aliphatic rings. The highest BCUT2D eigenvalue weighted by atomic mass is 35.5. The topological polar surface area (TPSA) is 130 Å². The van der Waals surface area contributed by atoms with Gasteiger partial charge in [0.15, 0.2) is 0 Å². The molecule has 10 heteroatoms. The molecule has 1 aromatic carbocycles. The van der Waals surface area contributed by atoms with E-state index >= 15 is 0 Å². The van der Waals surface area contributed by atoms with Crippen molar-refractivity contribution in [2.45, 2.75) is 29.7 Å². The number of carbonyl (C=O) groups is 1. The van der Waals surface area contributed by atoms with Crippen molar-refractivity contribution in [2.75, 3.05) is 36.0 Å². The van der Waals surface area contributed by atoms with E-state index in [9.17, 15) is 4.79 Å². The maximum absolute atomic E-state index is 10.8. The van der Waals surface area contributed by atoms with Gasteiger partial charge in [-0.3, -0.25) is 4.98 Å². The molecule has 0 spiro atoms.